The van der Waals surface area contributed by atoms with Crippen LogP contribution in [-0.2, 0) is 22.4 Å². The molecule has 8 heteroatoms. The Labute approximate surface area is 189 Å². The van der Waals surface area contributed by atoms with Gasteiger partial charge in [-0.3, -0.25) is 9.59 Å². The van der Waals surface area contributed by atoms with Crippen molar-refractivity contribution < 1.29 is 19.5 Å². The summed E-state index contributed by atoms with van der Waals surface area (Å²) in [4.78, 5) is 43.6. The summed E-state index contributed by atoms with van der Waals surface area (Å²) in [6.07, 6.45) is 1.10. The number of rotatable bonds is 9. The van der Waals surface area contributed by atoms with Gasteiger partial charge in [-0.2, -0.15) is 0 Å². The van der Waals surface area contributed by atoms with Gasteiger partial charge in [0.15, 0.2) is 0 Å². The highest BCUT2D eigenvalue weighted by atomic mass is 16.4. The predicted molar refractivity (Wildman–Crippen MR) is 125 cm³/mol. The standard InChI is InChI=1S/C25H24N4O4/c26-22(30)13-12-20(25(32)33)29-24(31)21-14-17-16-8-4-5-9-18(16)28-23(17)19(27-21)11-10-15-6-2-1-3-7-15/h1-9,14,20,28H,10-13H2,(H2,26,30)(H,29,31)(H,32,33). The molecule has 2 aromatic heterocycles. The molecule has 1 unspecified atom stereocenters. The van der Waals surface area contributed by atoms with Crippen molar-refractivity contribution in [3.05, 3.63) is 77.6 Å². The summed E-state index contributed by atoms with van der Waals surface area (Å²) in [5.74, 6) is -2.47. The molecule has 4 rings (SSSR count). The molecule has 0 spiro atoms. The number of carboxylic acids is 1. The number of hydrogen-bond acceptors (Lipinski definition) is 4. The van der Waals surface area contributed by atoms with E-state index in [1.54, 1.807) is 6.07 Å². The molecule has 4 aromatic rings. The summed E-state index contributed by atoms with van der Waals surface area (Å²) >= 11 is 0. The van der Waals surface area contributed by atoms with Crippen molar-refractivity contribution in [3.63, 3.8) is 0 Å². The van der Waals surface area contributed by atoms with Gasteiger partial charge in [0.1, 0.15) is 11.7 Å². The van der Waals surface area contributed by atoms with Gasteiger partial charge >= 0.3 is 5.97 Å². The summed E-state index contributed by atoms with van der Waals surface area (Å²) in [6, 6.07) is 18.2. The van der Waals surface area contributed by atoms with E-state index in [1.165, 1.54) is 0 Å². The van der Waals surface area contributed by atoms with Crippen molar-refractivity contribution in [2.75, 3.05) is 0 Å². The second-order valence-electron chi connectivity index (χ2n) is 7.90. The molecule has 5 N–H and O–H groups in total. The van der Waals surface area contributed by atoms with E-state index < -0.39 is 23.8 Å². The van der Waals surface area contributed by atoms with Gasteiger partial charge in [0.2, 0.25) is 5.91 Å². The number of fused-ring (bicyclic) bond motifs is 3. The predicted octanol–water partition coefficient (Wildman–Crippen LogP) is 2.95. The van der Waals surface area contributed by atoms with E-state index in [2.05, 4.69) is 15.3 Å². The molecular formula is C25H24N4O4. The van der Waals surface area contributed by atoms with Gasteiger partial charge in [0, 0.05) is 22.7 Å². The van der Waals surface area contributed by atoms with Crippen LogP contribution in [0.15, 0.2) is 60.7 Å². The Bertz CT molecular complexity index is 1330. The number of carboxylic acid groups (broad SMARTS) is 1. The number of carbonyl (C=O) groups excluding carboxylic acids is 2. The molecule has 2 heterocycles. The molecule has 0 saturated carbocycles. The maximum Gasteiger partial charge on any atom is 0.326 e. The zero-order valence-electron chi connectivity index (χ0n) is 17.9. The van der Waals surface area contributed by atoms with Crippen LogP contribution in [0.3, 0.4) is 0 Å². The largest absolute Gasteiger partial charge is 0.480 e. The number of aliphatic carboxylic acids is 1. The van der Waals surface area contributed by atoms with E-state index in [9.17, 15) is 19.5 Å². The minimum absolute atomic E-state index is 0.0907. The minimum Gasteiger partial charge on any atom is -0.480 e. The Morgan fingerprint density at radius 1 is 1.00 bits per heavy atom. The molecule has 2 aromatic carbocycles. The number of nitrogens with one attached hydrogen (secondary N) is 2. The molecule has 0 aliphatic rings. The molecule has 2 amide bonds. The smallest absolute Gasteiger partial charge is 0.326 e. The van der Waals surface area contributed by atoms with Crippen molar-refractivity contribution in [2.45, 2.75) is 31.7 Å². The summed E-state index contributed by atoms with van der Waals surface area (Å²) in [5.41, 5.74) is 8.91. The van der Waals surface area contributed by atoms with Gasteiger partial charge in [-0.25, -0.2) is 9.78 Å². The molecule has 0 radical (unpaired) electrons. The highest BCUT2D eigenvalue weighted by molar-refractivity contribution is 6.10. The SMILES string of the molecule is NC(=O)CCC(NC(=O)c1cc2c([nH]c3ccccc32)c(CCc2ccccc2)n1)C(=O)O. The Morgan fingerprint density at radius 2 is 1.73 bits per heavy atom. The normalized spacial score (nSPS) is 12.0. The first-order valence-electron chi connectivity index (χ1n) is 10.7. The van der Waals surface area contributed by atoms with E-state index in [0.717, 1.165) is 39.5 Å². The number of H-pyrrole nitrogens is 1. The molecule has 8 nitrogen and oxygen atoms in total. The van der Waals surface area contributed by atoms with Crippen molar-refractivity contribution in [3.8, 4) is 0 Å². The molecular weight excluding hydrogens is 420 g/mol. The van der Waals surface area contributed by atoms with E-state index >= 15 is 0 Å². The van der Waals surface area contributed by atoms with Crippen LogP contribution in [0.1, 0.15) is 34.6 Å². The number of para-hydroxylation sites is 1. The fraction of sp³-hybridized carbons (Fsp3) is 0.200. The van der Waals surface area contributed by atoms with Crippen LogP contribution in [0.4, 0.5) is 0 Å². The fourth-order valence-electron chi connectivity index (χ4n) is 3.89. The van der Waals surface area contributed by atoms with Gasteiger partial charge in [-0.05, 0) is 37.0 Å². The number of primary amides is 1. The first-order chi connectivity index (χ1) is 15.9. The van der Waals surface area contributed by atoms with Crippen LogP contribution in [0.25, 0.3) is 21.8 Å². The number of pyridine rings is 1. The number of amides is 2. The highest BCUT2D eigenvalue weighted by Gasteiger charge is 2.23. The lowest BCUT2D eigenvalue weighted by Crippen LogP contribution is -2.41. The lowest BCUT2D eigenvalue weighted by molar-refractivity contribution is -0.139. The third kappa shape index (κ3) is 5.01. The van der Waals surface area contributed by atoms with Gasteiger partial charge in [-0.1, -0.05) is 48.5 Å². The molecule has 0 aliphatic heterocycles. The Balaban J connectivity index is 1.69. The van der Waals surface area contributed by atoms with Crippen molar-refractivity contribution >= 4 is 39.6 Å². The number of aryl methyl sites for hydroxylation is 2. The molecule has 0 bridgehead atoms. The van der Waals surface area contributed by atoms with Gasteiger partial charge < -0.3 is 21.1 Å². The Hall–Kier alpha value is -4.20. The average molecular weight is 444 g/mol. The van der Waals surface area contributed by atoms with Gasteiger partial charge in [0.05, 0.1) is 11.2 Å². The minimum atomic E-state index is -1.24. The van der Waals surface area contributed by atoms with Crippen LogP contribution in [0, 0.1) is 0 Å². The third-order valence-corrected chi connectivity index (χ3v) is 5.58. The van der Waals surface area contributed by atoms with Crippen molar-refractivity contribution in [2.24, 2.45) is 5.73 Å². The average Bonchev–Trinajstić information content (AvgIpc) is 3.19. The van der Waals surface area contributed by atoms with Gasteiger partial charge in [-0.15, -0.1) is 0 Å². The second-order valence-corrected chi connectivity index (χ2v) is 7.90. The number of nitrogens with zero attached hydrogens (tertiary/aromatic N) is 1. The topological polar surface area (TPSA) is 138 Å². The lowest BCUT2D eigenvalue weighted by Gasteiger charge is -2.14. The number of carbonyl (C=O) groups is 3. The molecule has 0 saturated heterocycles. The summed E-state index contributed by atoms with van der Waals surface area (Å²) < 4.78 is 0. The molecule has 1 atom stereocenters. The third-order valence-electron chi connectivity index (χ3n) is 5.58. The van der Waals surface area contributed by atoms with Crippen LogP contribution in [0.5, 0.6) is 0 Å². The van der Waals surface area contributed by atoms with Crippen LogP contribution < -0.4 is 11.1 Å². The summed E-state index contributed by atoms with van der Waals surface area (Å²) in [7, 11) is 0. The Morgan fingerprint density at radius 3 is 2.45 bits per heavy atom. The van der Waals surface area contributed by atoms with Crippen LogP contribution in [0.2, 0.25) is 0 Å². The van der Waals surface area contributed by atoms with Crippen LogP contribution in [-0.4, -0.2) is 38.9 Å². The van der Waals surface area contributed by atoms with Crippen molar-refractivity contribution in [1.82, 2.24) is 15.3 Å². The number of benzene rings is 2. The highest BCUT2D eigenvalue weighted by Crippen LogP contribution is 2.28. The Kier molecular flexibility index (Phi) is 6.35. The summed E-state index contributed by atoms with van der Waals surface area (Å²) in [5, 5.41) is 13.7. The zero-order valence-corrected chi connectivity index (χ0v) is 17.9. The summed E-state index contributed by atoms with van der Waals surface area (Å²) in [6.45, 7) is 0. The maximum atomic E-state index is 13.0. The first kappa shape index (κ1) is 22.0. The quantitative estimate of drug-likeness (QED) is 0.314. The molecule has 168 valence electrons. The lowest BCUT2D eigenvalue weighted by atomic mass is 10.0. The van der Waals surface area contributed by atoms with Gasteiger partial charge in [0.25, 0.3) is 5.91 Å². The fourth-order valence-corrected chi connectivity index (χ4v) is 3.89. The van der Waals surface area contributed by atoms with E-state index in [4.69, 9.17) is 5.73 Å². The first-order valence-corrected chi connectivity index (χ1v) is 10.7. The molecule has 33 heavy (non-hydrogen) atoms. The molecule has 0 fully saturated rings. The number of aromatic nitrogens is 2. The number of hydrogen-bond donors (Lipinski definition) is 4. The zero-order chi connectivity index (χ0) is 23.4. The van der Waals surface area contributed by atoms with E-state index in [-0.39, 0.29) is 18.5 Å². The second kappa shape index (κ2) is 9.52. The maximum absolute atomic E-state index is 13.0. The van der Waals surface area contributed by atoms with E-state index in [0.29, 0.717) is 6.42 Å². The monoisotopic (exact) mass is 444 g/mol. The molecule has 0 aliphatic carbocycles. The number of nitrogens with two attached hydrogens (primary N) is 1. The number of aromatic amines is 1. The van der Waals surface area contributed by atoms with Crippen LogP contribution >= 0.6 is 0 Å². The van der Waals surface area contributed by atoms with E-state index in [1.807, 2.05) is 54.6 Å². The van der Waals surface area contributed by atoms with Crippen molar-refractivity contribution in [1.29, 1.82) is 0 Å².